The first-order chi connectivity index (χ1) is 20.2. The molecule has 3 aromatic carbocycles. The summed E-state index contributed by atoms with van der Waals surface area (Å²) in [7, 11) is 0. The predicted octanol–water partition coefficient (Wildman–Crippen LogP) is 5.96. The SMILES string of the molecule is Cc1nc2c(C[C@@H]3O[C@H](COCc4ccccc4)C(OCc4ccccc4)C3OCc3ccccc3)nccc2[nH]1. The molecule has 0 radical (unpaired) electrons. The van der Waals surface area contributed by atoms with Crippen molar-refractivity contribution in [3.8, 4) is 0 Å². The summed E-state index contributed by atoms with van der Waals surface area (Å²) >= 11 is 0. The molecular weight excluding hydrogens is 514 g/mol. The van der Waals surface area contributed by atoms with Crippen LogP contribution in [0.3, 0.4) is 0 Å². The van der Waals surface area contributed by atoms with E-state index in [4.69, 9.17) is 28.9 Å². The van der Waals surface area contributed by atoms with E-state index in [1.807, 2.05) is 73.8 Å². The van der Waals surface area contributed by atoms with Crippen LogP contribution in [0.25, 0.3) is 11.0 Å². The third-order valence-corrected chi connectivity index (χ3v) is 7.36. The number of hydrogen-bond acceptors (Lipinski definition) is 6. The zero-order chi connectivity index (χ0) is 27.9. The number of imidazole rings is 1. The minimum absolute atomic E-state index is 0.292. The highest BCUT2D eigenvalue weighted by atomic mass is 16.6. The summed E-state index contributed by atoms with van der Waals surface area (Å²) in [6.45, 7) is 3.74. The maximum atomic E-state index is 6.71. The van der Waals surface area contributed by atoms with Gasteiger partial charge in [0.05, 0.1) is 43.7 Å². The van der Waals surface area contributed by atoms with E-state index < -0.39 is 0 Å². The molecular formula is C34H35N3O4. The number of aromatic nitrogens is 3. The Morgan fingerprint density at radius 2 is 1.27 bits per heavy atom. The molecule has 4 atom stereocenters. The number of benzene rings is 3. The van der Waals surface area contributed by atoms with Crippen LogP contribution < -0.4 is 0 Å². The second-order valence-corrected chi connectivity index (χ2v) is 10.4. The fourth-order valence-electron chi connectivity index (χ4n) is 5.36. The van der Waals surface area contributed by atoms with Crippen LogP contribution >= 0.6 is 0 Å². The van der Waals surface area contributed by atoms with Crippen LogP contribution in [-0.2, 0) is 45.2 Å². The van der Waals surface area contributed by atoms with E-state index in [1.54, 1.807) is 0 Å². The van der Waals surface area contributed by atoms with E-state index in [9.17, 15) is 0 Å². The summed E-state index contributed by atoms with van der Waals surface area (Å²) in [6.07, 6.45) is 1.09. The summed E-state index contributed by atoms with van der Waals surface area (Å²) in [5, 5.41) is 0. The van der Waals surface area contributed by atoms with E-state index in [-0.39, 0.29) is 24.4 Å². The van der Waals surface area contributed by atoms with Crippen LogP contribution in [0.5, 0.6) is 0 Å². The lowest BCUT2D eigenvalue weighted by molar-refractivity contribution is -0.0898. The Labute approximate surface area is 240 Å². The molecule has 1 aliphatic rings. The van der Waals surface area contributed by atoms with Crippen molar-refractivity contribution in [1.29, 1.82) is 0 Å². The van der Waals surface area contributed by atoms with Gasteiger partial charge >= 0.3 is 0 Å². The first-order valence-electron chi connectivity index (χ1n) is 14.1. The van der Waals surface area contributed by atoms with E-state index in [0.717, 1.165) is 39.2 Å². The van der Waals surface area contributed by atoms with Crippen LogP contribution in [0.4, 0.5) is 0 Å². The van der Waals surface area contributed by atoms with Gasteiger partial charge in [0.25, 0.3) is 0 Å². The van der Waals surface area contributed by atoms with Crippen LogP contribution in [-0.4, -0.2) is 46.0 Å². The van der Waals surface area contributed by atoms with Crippen LogP contribution in [0.1, 0.15) is 28.2 Å². The molecule has 1 fully saturated rings. The smallest absolute Gasteiger partial charge is 0.115 e. The van der Waals surface area contributed by atoms with Crippen molar-refractivity contribution in [3.05, 3.63) is 131 Å². The monoisotopic (exact) mass is 549 g/mol. The standard InChI is InChI=1S/C34H35N3O4/c1-24-36-28-17-18-35-29(32(28)37-24)19-30-33(39-21-26-13-7-3-8-14-26)34(40-22-27-15-9-4-10-16-27)31(41-30)23-38-20-25-11-5-2-6-12-25/h2-18,30-31,33-34H,19-23H2,1H3,(H,36,37)/t30-,31+,33?,34?/m0/s1. The second-order valence-electron chi connectivity index (χ2n) is 10.4. The van der Waals surface area contributed by atoms with Gasteiger partial charge in [-0.15, -0.1) is 0 Å². The molecule has 7 heteroatoms. The molecule has 2 aromatic heterocycles. The van der Waals surface area contributed by atoms with Gasteiger partial charge in [0.15, 0.2) is 0 Å². The second kappa shape index (κ2) is 13.2. The topological polar surface area (TPSA) is 78.5 Å². The zero-order valence-electron chi connectivity index (χ0n) is 23.2. The van der Waals surface area contributed by atoms with Gasteiger partial charge in [0.1, 0.15) is 29.7 Å². The van der Waals surface area contributed by atoms with Crippen molar-refractivity contribution in [2.45, 2.75) is 57.6 Å². The molecule has 3 heterocycles. The number of nitrogens with one attached hydrogen (secondary N) is 1. The van der Waals surface area contributed by atoms with Gasteiger partial charge in [-0.1, -0.05) is 91.0 Å². The fourth-order valence-corrected chi connectivity index (χ4v) is 5.36. The number of hydrogen-bond donors (Lipinski definition) is 1. The average molecular weight is 550 g/mol. The van der Waals surface area contributed by atoms with E-state index in [2.05, 4.69) is 41.4 Å². The molecule has 1 aliphatic heterocycles. The Balaban J connectivity index is 1.26. The molecule has 0 amide bonds. The number of pyridine rings is 1. The molecule has 7 nitrogen and oxygen atoms in total. The van der Waals surface area contributed by atoms with Crippen LogP contribution in [0.15, 0.2) is 103 Å². The lowest BCUT2D eigenvalue weighted by atomic mass is 10.0. The Hall–Kier alpha value is -3.88. The summed E-state index contributed by atoms with van der Waals surface area (Å²) < 4.78 is 26.1. The van der Waals surface area contributed by atoms with E-state index in [1.165, 1.54) is 0 Å². The Bertz CT molecular complexity index is 1510. The van der Waals surface area contributed by atoms with Gasteiger partial charge in [-0.05, 0) is 29.7 Å². The fraction of sp³-hybridized carbons (Fsp3) is 0.294. The number of rotatable bonds is 12. The van der Waals surface area contributed by atoms with Crippen molar-refractivity contribution in [3.63, 3.8) is 0 Å². The summed E-state index contributed by atoms with van der Waals surface area (Å²) in [5.41, 5.74) is 6.01. The molecule has 41 heavy (non-hydrogen) atoms. The largest absolute Gasteiger partial charge is 0.374 e. The molecule has 0 saturated carbocycles. The highest BCUT2D eigenvalue weighted by Crippen LogP contribution is 2.32. The first kappa shape index (κ1) is 27.3. The number of fused-ring (bicyclic) bond motifs is 1. The normalized spacial score (nSPS) is 20.5. The third-order valence-electron chi connectivity index (χ3n) is 7.36. The highest BCUT2D eigenvalue weighted by Gasteiger charge is 2.46. The van der Waals surface area contributed by atoms with E-state index in [0.29, 0.717) is 32.8 Å². The summed E-state index contributed by atoms with van der Waals surface area (Å²) in [6, 6.07) is 32.5. The summed E-state index contributed by atoms with van der Waals surface area (Å²) in [5.74, 6) is 0.856. The van der Waals surface area contributed by atoms with Gasteiger partial charge in [-0.3, -0.25) is 4.98 Å². The van der Waals surface area contributed by atoms with Crippen molar-refractivity contribution < 1.29 is 18.9 Å². The number of nitrogens with zero attached hydrogens (tertiary/aromatic N) is 2. The van der Waals surface area contributed by atoms with Crippen molar-refractivity contribution >= 4 is 11.0 Å². The Kier molecular flexibility index (Phi) is 8.78. The van der Waals surface area contributed by atoms with Crippen molar-refractivity contribution in [1.82, 2.24) is 15.0 Å². The number of ether oxygens (including phenoxy) is 4. The van der Waals surface area contributed by atoms with Crippen LogP contribution in [0, 0.1) is 6.92 Å². The van der Waals surface area contributed by atoms with Gasteiger partial charge in [-0.2, -0.15) is 0 Å². The molecule has 6 rings (SSSR count). The van der Waals surface area contributed by atoms with Crippen molar-refractivity contribution in [2.75, 3.05) is 6.61 Å². The Morgan fingerprint density at radius 3 is 1.88 bits per heavy atom. The zero-order valence-corrected chi connectivity index (χ0v) is 23.2. The molecule has 0 spiro atoms. The highest BCUT2D eigenvalue weighted by molar-refractivity contribution is 5.77. The number of aromatic amines is 1. The molecule has 0 aliphatic carbocycles. The van der Waals surface area contributed by atoms with Gasteiger partial charge < -0.3 is 23.9 Å². The third kappa shape index (κ3) is 6.89. The first-order valence-corrected chi connectivity index (χ1v) is 14.1. The molecule has 5 aromatic rings. The average Bonchev–Trinajstić information content (AvgIpc) is 3.56. The van der Waals surface area contributed by atoms with Gasteiger partial charge in [0.2, 0.25) is 0 Å². The minimum atomic E-state index is -0.334. The molecule has 1 saturated heterocycles. The Morgan fingerprint density at radius 1 is 0.707 bits per heavy atom. The lowest BCUT2D eigenvalue weighted by Gasteiger charge is -2.25. The predicted molar refractivity (Wildman–Crippen MR) is 157 cm³/mol. The lowest BCUT2D eigenvalue weighted by Crippen LogP contribution is -2.39. The molecule has 210 valence electrons. The maximum absolute atomic E-state index is 6.71. The van der Waals surface area contributed by atoms with Crippen molar-refractivity contribution in [2.24, 2.45) is 0 Å². The van der Waals surface area contributed by atoms with Gasteiger partial charge in [-0.25, -0.2) is 4.98 Å². The quantitative estimate of drug-likeness (QED) is 0.207. The summed E-state index contributed by atoms with van der Waals surface area (Å²) in [4.78, 5) is 12.7. The van der Waals surface area contributed by atoms with E-state index >= 15 is 0 Å². The van der Waals surface area contributed by atoms with Gasteiger partial charge in [0, 0.05) is 12.6 Å². The minimum Gasteiger partial charge on any atom is -0.374 e. The van der Waals surface area contributed by atoms with Crippen LogP contribution in [0.2, 0.25) is 0 Å². The number of H-pyrrole nitrogens is 1. The maximum Gasteiger partial charge on any atom is 0.115 e. The molecule has 0 bridgehead atoms. The molecule has 1 N–H and O–H groups in total. The molecule has 2 unspecified atom stereocenters. The number of aryl methyl sites for hydroxylation is 1.